The molecule has 11 heteroatoms. The van der Waals surface area contributed by atoms with E-state index in [-0.39, 0.29) is 28.8 Å². The van der Waals surface area contributed by atoms with Crippen molar-refractivity contribution in [1.82, 2.24) is 10.3 Å². The number of carbonyl (C=O) groups excluding carboxylic acids is 3. The Morgan fingerprint density at radius 1 is 1.10 bits per heavy atom. The van der Waals surface area contributed by atoms with E-state index < -0.39 is 34.5 Å². The predicted octanol–water partition coefficient (Wildman–Crippen LogP) is 1.32. The number of rotatable bonds is 8. The first-order valence-corrected chi connectivity index (χ1v) is 10.9. The second-order valence-electron chi connectivity index (χ2n) is 7.12. The van der Waals surface area contributed by atoms with Gasteiger partial charge in [0.05, 0.1) is 16.6 Å². The topological polar surface area (TPSA) is 158 Å². The molecule has 2 aromatic rings. The van der Waals surface area contributed by atoms with Crippen molar-refractivity contribution in [2.75, 3.05) is 6.61 Å². The van der Waals surface area contributed by atoms with Crippen molar-refractivity contribution in [3.8, 4) is 0 Å². The molecule has 1 heterocycles. The molecule has 0 saturated carbocycles. The van der Waals surface area contributed by atoms with E-state index in [2.05, 4.69) is 10.3 Å². The van der Waals surface area contributed by atoms with Crippen LogP contribution in [-0.4, -0.2) is 44.0 Å². The van der Waals surface area contributed by atoms with E-state index in [4.69, 9.17) is 14.6 Å². The number of aromatic amines is 1. The molecule has 31 heavy (non-hydrogen) atoms. The lowest BCUT2D eigenvalue weighted by molar-refractivity contribution is -0.124. The van der Waals surface area contributed by atoms with Crippen molar-refractivity contribution in [2.24, 2.45) is 5.14 Å². The number of nitrogens with two attached hydrogens (primary N) is 1. The number of carbonyl (C=O) groups is 3. The second kappa shape index (κ2) is 9.75. The van der Waals surface area contributed by atoms with Crippen LogP contribution in [-0.2, 0) is 30.8 Å². The van der Waals surface area contributed by atoms with Gasteiger partial charge in [0.2, 0.25) is 10.0 Å². The van der Waals surface area contributed by atoms with E-state index >= 15 is 0 Å². The zero-order valence-corrected chi connectivity index (χ0v) is 18.5. The highest BCUT2D eigenvalue weighted by atomic mass is 32.2. The number of esters is 2. The van der Waals surface area contributed by atoms with Gasteiger partial charge in [0.15, 0.2) is 6.61 Å². The fraction of sp³-hybridized carbons (Fsp3) is 0.350. The average Bonchev–Trinajstić information content (AvgIpc) is 2.97. The molecule has 0 atom stereocenters. The highest BCUT2D eigenvalue weighted by molar-refractivity contribution is 7.89. The molecule has 2 rings (SSSR count). The van der Waals surface area contributed by atoms with Crippen molar-refractivity contribution in [1.29, 1.82) is 0 Å². The Balaban J connectivity index is 1.92. The van der Waals surface area contributed by atoms with E-state index in [9.17, 15) is 22.8 Å². The molecule has 0 spiro atoms. The lowest BCUT2D eigenvalue weighted by atomic mass is 10.1. The molecule has 1 amide bonds. The Hall–Kier alpha value is -3.18. The first kappa shape index (κ1) is 24.1. The number of amides is 1. The fourth-order valence-electron chi connectivity index (χ4n) is 2.79. The molecule has 1 aromatic carbocycles. The lowest BCUT2D eigenvalue weighted by Gasteiger charge is -2.08. The van der Waals surface area contributed by atoms with Crippen LogP contribution in [0.25, 0.3) is 0 Å². The standard InChI is InChI=1S/C20H25N3O7S/c1-11(2)30-19(25)17-12(3)18(23-13(17)4)20(26)29-10-16(24)22-9-14-5-7-15(8-6-14)31(21,27)28/h5-8,11,23H,9-10H2,1-4H3,(H,22,24)(H2,21,27,28). The maximum Gasteiger partial charge on any atom is 0.355 e. The van der Waals surface area contributed by atoms with Crippen molar-refractivity contribution in [3.05, 3.63) is 52.3 Å². The second-order valence-corrected chi connectivity index (χ2v) is 8.68. The number of hydrogen-bond donors (Lipinski definition) is 3. The van der Waals surface area contributed by atoms with Gasteiger partial charge in [0.1, 0.15) is 5.69 Å². The number of ether oxygens (including phenoxy) is 2. The predicted molar refractivity (Wildman–Crippen MR) is 111 cm³/mol. The fourth-order valence-corrected chi connectivity index (χ4v) is 3.30. The summed E-state index contributed by atoms with van der Waals surface area (Å²) in [7, 11) is -3.79. The zero-order chi connectivity index (χ0) is 23.3. The molecule has 0 radical (unpaired) electrons. The summed E-state index contributed by atoms with van der Waals surface area (Å²) in [6, 6.07) is 5.67. The van der Waals surface area contributed by atoms with E-state index in [0.717, 1.165) is 0 Å². The number of H-pyrrole nitrogens is 1. The summed E-state index contributed by atoms with van der Waals surface area (Å²) in [5.74, 6) is -1.88. The minimum Gasteiger partial charge on any atom is -0.459 e. The third-order valence-corrected chi connectivity index (χ3v) is 5.19. The Morgan fingerprint density at radius 2 is 1.71 bits per heavy atom. The van der Waals surface area contributed by atoms with Gasteiger partial charge in [0, 0.05) is 12.2 Å². The van der Waals surface area contributed by atoms with Gasteiger partial charge in [-0.2, -0.15) is 0 Å². The zero-order valence-electron chi connectivity index (χ0n) is 17.6. The number of nitrogens with one attached hydrogen (secondary N) is 2. The Labute approximate surface area is 180 Å². The van der Waals surface area contributed by atoms with Crippen LogP contribution in [0.1, 0.15) is 51.5 Å². The van der Waals surface area contributed by atoms with E-state index in [1.807, 2.05) is 0 Å². The molecule has 168 valence electrons. The normalized spacial score (nSPS) is 11.3. The number of hydrogen-bond acceptors (Lipinski definition) is 7. The van der Waals surface area contributed by atoms with Gasteiger partial charge >= 0.3 is 11.9 Å². The molecule has 0 bridgehead atoms. The van der Waals surface area contributed by atoms with E-state index in [0.29, 0.717) is 16.8 Å². The first-order valence-electron chi connectivity index (χ1n) is 9.35. The third-order valence-electron chi connectivity index (χ3n) is 4.26. The maximum absolute atomic E-state index is 12.3. The summed E-state index contributed by atoms with van der Waals surface area (Å²) in [5, 5.41) is 7.58. The van der Waals surface area contributed by atoms with Gasteiger partial charge in [-0.25, -0.2) is 23.1 Å². The van der Waals surface area contributed by atoms with Crippen molar-refractivity contribution >= 4 is 27.9 Å². The number of sulfonamides is 1. The summed E-state index contributed by atoms with van der Waals surface area (Å²) in [5.41, 5.74) is 1.80. The van der Waals surface area contributed by atoms with Crippen LogP contribution >= 0.6 is 0 Å². The number of aryl methyl sites for hydroxylation is 1. The van der Waals surface area contributed by atoms with Gasteiger partial charge in [0.25, 0.3) is 5.91 Å². The van der Waals surface area contributed by atoms with Gasteiger partial charge in [-0.15, -0.1) is 0 Å². The first-order chi connectivity index (χ1) is 14.4. The minimum atomic E-state index is -3.79. The molecule has 1 aromatic heterocycles. The molecule has 0 saturated heterocycles. The van der Waals surface area contributed by atoms with Crippen LogP contribution < -0.4 is 10.5 Å². The number of aromatic nitrogens is 1. The minimum absolute atomic E-state index is 0.0373. The molecule has 0 aliphatic heterocycles. The van der Waals surface area contributed by atoms with Crippen LogP contribution in [0.2, 0.25) is 0 Å². The largest absolute Gasteiger partial charge is 0.459 e. The van der Waals surface area contributed by atoms with Gasteiger partial charge in [-0.05, 0) is 51.0 Å². The van der Waals surface area contributed by atoms with E-state index in [1.165, 1.54) is 24.3 Å². The highest BCUT2D eigenvalue weighted by Gasteiger charge is 2.24. The Kier molecular flexibility index (Phi) is 7.58. The Bertz CT molecular complexity index is 1090. The smallest absolute Gasteiger partial charge is 0.355 e. The highest BCUT2D eigenvalue weighted by Crippen LogP contribution is 2.20. The molecular weight excluding hydrogens is 426 g/mol. The van der Waals surface area contributed by atoms with Gasteiger partial charge < -0.3 is 19.8 Å². The summed E-state index contributed by atoms with van der Waals surface area (Å²) in [6.07, 6.45) is -0.309. The van der Waals surface area contributed by atoms with Gasteiger partial charge in [-0.3, -0.25) is 4.79 Å². The molecule has 0 aliphatic rings. The van der Waals surface area contributed by atoms with Gasteiger partial charge in [-0.1, -0.05) is 12.1 Å². The molecule has 10 nitrogen and oxygen atoms in total. The number of benzene rings is 1. The Morgan fingerprint density at radius 3 is 2.26 bits per heavy atom. The molecule has 0 fully saturated rings. The van der Waals surface area contributed by atoms with Crippen LogP contribution in [0.15, 0.2) is 29.2 Å². The average molecular weight is 452 g/mol. The lowest BCUT2D eigenvalue weighted by Crippen LogP contribution is -2.28. The SMILES string of the molecule is Cc1[nH]c(C(=O)OCC(=O)NCc2ccc(S(N)(=O)=O)cc2)c(C)c1C(=O)OC(C)C. The number of primary sulfonamides is 1. The van der Waals surface area contributed by atoms with Crippen molar-refractivity contribution in [3.63, 3.8) is 0 Å². The molecule has 0 aliphatic carbocycles. The van der Waals surface area contributed by atoms with Crippen LogP contribution in [0.4, 0.5) is 0 Å². The summed E-state index contributed by atoms with van der Waals surface area (Å²) in [4.78, 5) is 39.3. The monoisotopic (exact) mass is 451 g/mol. The summed E-state index contributed by atoms with van der Waals surface area (Å²) >= 11 is 0. The van der Waals surface area contributed by atoms with E-state index in [1.54, 1.807) is 27.7 Å². The van der Waals surface area contributed by atoms with Crippen LogP contribution in [0.3, 0.4) is 0 Å². The van der Waals surface area contributed by atoms with Crippen molar-refractivity contribution in [2.45, 2.75) is 45.2 Å². The molecule has 4 N–H and O–H groups in total. The molecule has 0 unspecified atom stereocenters. The summed E-state index contributed by atoms with van der Waals surface area (Å²) < 4.78 is 32.7. The molecular formula is C20H25N3O7S. The van der Waals surface area contributed by atoms with Crippen LogP contribution in [0, 0.1) is 13.8 Å². The summed E-state index contributed by atoms with van der Waals surface area (Å²) in [6.45, 7) is 6.23. The third kappa shape index (κ3) is 6.40. The quantitative estimate of drug-likeness (QED) is 0.511. The van der Waals surface area contributed by atoms with Crippen LogP contribution in [0.5, 0.6) is 0 Å². The van der Waals surface area contributed by atoms with Crippen molar-refractivity contribution < 1.29 is 32.3 Å². The maximum atomic E-state index is 12.3.